The second kappa shape index (κ2) is 7.06. The number of sulfonamides is 1. The number of hydrogen-bond donors (Lipinski definition) is 2. The van der Waals surface area contributed by atoms with Crippen molar-refractivity contribution in [2.45, 2.75) is 12.3 Å². The number of halogens is 1. The lowest BCUT2D eigenvalue weighted by Crippen LogP contribution is -2.15. The van der Waals surface area contributed by atoms with E-state index in [0.29, 0.717) is 12.2 Å². The van der Waals surface area contributed by atoms with Crippen molar-refractivity contribution in [3.05, 3.63) is 64.1 Å². The van der Waals surface area contributed by atoms with Crippen molar-refractivity contribution in [3.8, 4) is 0 Å². The minimum atomic E-state index is -3.42. The van der Waals surface area contributed by atoms with Gasteiger partial charge in [-0.25, -0.2) is 8.42 Å². The van der Waals surface area contributed by atoms with Gasteiger partial charge in [0.15, 0.2) is 0 Å². The van der Waals surface area contributed by atoms with Crippen LogP contribution < -0.4 is 10.0 Å². The quantitative estimate of drug-likeness (QED) is 0.823. The van der Waals surface area contributed by atoms with Gasteiger partial charge in [-0.05, 0) is 42.4 Å². The van der Waals surface area contributed by atoms with Crippen LogP contribution in [-0.4, -0.2) is 15.5 Å². The highest BCUT2D eigenvalue weighted by molar-refractivity contribution is 9.10. The van der Waals surface area contributed by atoms with Gasteiger partial charge in [-0.2, -0.15) is 0 Å². The Hall–Kier alpha value is -1.37. The topological polar surface area (TPSA) is 58.2 Å². The van der Waals surface area contributed by atoms with Crippen molar-refractivity contribution in [2.75, 3.05) is 11.8 Å². The van der Waals surface area contributed by atoms with Crippen LogP contribution in [0.15, 0.2) is 53.0 Å². The lowest BCUT2D eigenvalue weighted by atomic mass is 10.1. The lowest BCUT2D eigenvalue weighted by Gasteiger charge is -2.09. The molecular formula is C15H17BrN2O2S. The Morgan fingerprint density at radius 2 is 1.71 bits per heavy atom. The molecule has 0 aromatic heterocycles. The molecule has 0 saturated carbocycles. The summed E-state index contributed by atoms with van der Waals surface area (Å²) < 4.78 is 27.9. The van der Waals surface area contributed by atoms with E-state index in [2.05, 4.69) is 26.0 Å². The molecule has 2 N–H and O–H groups in total. The van der Waals surface area contributed by atoms with Gasteiger partial charge in [0.1, 0.15) is 0 Å². The SMILES string of the molecule is CNCc1cccc(CS(=O)(=O)Nc2ccc(Br)cc2)c1. The number of benzene rings is 2. The van der Waals surface area contributed by atoms with Gasteiger partial charge in [0, 0.05) is 16.7 Å². The Morgan fingerprint density at radius 1 is 1.05 bits per heavy atom. The summed E-state index contributed by atoms with van der Waals surface area (Å²) in [5.74, 6) is -0.0411. The standard InChI is InChI=1S/C15H17BrN2O2S/c1-17-10-12-3-2-4-13(9-12)11-21(19,20)18-15-7-5-14(16)6-8-15/h2-9,17-18H,10-11H2,1H3. The highest BCUT2D eigenvalue weighted by Crippen LogP contribution is 2.17. The monoisotopic (exact) mass is 368 g/mol. The Balaban J connectivity index is 2.10. The van der Waals surface area contributed by atoms with E-state index in [-0.39, 0.29) is 5.75 Å². The fourth-order valence-electron chi connectivity index (χ4n) is 1.99. The summed E-state index contributed by atoms with van der Waals surface area (Å²) in [4.78, 5) is 0. The molecule has 2 aromatic rings. The van der Waals surface area contributed by atoms with Crippen molar-refractivity contribution in [1.29, 1.82) is 0 Å². The largest absolute Gasteiger partial charge is 0.316 e. The first-order chi connectivity index (χ1) is 9.98. The molecule has 0 atom stereocenters. The van der Waals surface area contributed by atoms with Crippen molar-refractivity contribution >= 4 is 31.6 Å². The maximum absolute atomic E-state index is 12.2. The van der Waals surface area contributed by atoms with Gasteiger partial charge in [0.25, 0.3) is 0 Å². The molecule has 2 aromatic carbocycles. The van der Waals surface area contributed by atoms with Crippen molar-refractivity contribution in [3.63, 3.8) is 0 Å². The Kier molecular flexibility index (Phi) is 5.39. The van der Waals surface area contributed by atoms with Crippen LogP contribution in [0.25, 0.3) is 0 Å². The molecule has 0 aliphatic heterocycles. The molecular weight excluding hydrogens is 352 g/mol. The maximum atomic E-state index is 12.2. The summed E-state index contributed by atoms with van der Waals surface area (Å²) in [5.41, 5.74) is 2.39. The third kappa shape index (κ3) is 5.15. The smallest absolute Gasteiger partial charge is 0.236 e. The second-order valence-corrected chi connectivity index (χ2v) is 7.36. The predicted molar refractivity (Wildman–Crippen MR) is 89.6 cm³/mol. The van der Waals surface area contributed by atoms with Crippen molar-refractivity contribution in [1.82, 2.24) is 5.32 Å². The zero-order valence-corrected chi connectivity index (χ0v) is 14.0. The van der Waals surface area contributed by atoms with Gasteiger partial charge >= 0.3 is 0 Å². The van der Waals surface area contributed by atoms with Crippen LogP contribution >= 0.6 is 15.9 Å². The lowest BCUT2D eigenvalue weighted by molar-refractivity contribution is 0.600. The molecule has 4 nitrogen and oxygen atoms in total. The summed E-state index contributed by atoms with van der Waals surface area (Å²) in [6.07, 6.45) is 0. The average molecular weight is 369 g/mol. The van der Waals surface area contributed by atoms with Gasteiger partial charge < -0.3 is 5.32 Å². The molecule has 0 heterocycles. The molecule has 0 bridgehead atoms. The molecule has 0 fully saturated rings. The van der Waals surface area contributed by atoms with E-state index in [9.17, 15) is 8.42 Å². The van der Waals surface area contributed by atoms with E-state index >= 15 is 0 Å². The number of nitrogens with one attached hydrogen (secondary N) is 2. The van der Waals surface area contributed by atoms with E-state index in [0.717, 1.165) is 15.6 Å². The zero-order chi connectivity index (χ0) is 15.3. The highest BCUT2D eigenvalue weighted by atomic mass is 79.9. The van der Waals surface area contributed by atoms with Crippen LogP contribution in [0.4, 0.5) is 5.69 Å². The molecule has 0 unspecified atom stereocenters. The number of rotatable bonds is 6. The molecule has 0 radical (unpaired) electrons. The fourth-order valence-corrected chi connectivity index (χ4v) is 3.44. The van der Waals surface area contributed by atoms with Crippen molar-refractivity contribution in [2.24, 2.45) is 0 Å². The minimum Gasteiger partial charge on any atom is -0.316 e. The predicted octanol–water partition coefficient (Wildman–Crippen LogP) is 3.11. The Bertz CT molecular complexity index is 700. The first-order valence-electron chi connectivity index (χ1n) is 6.47. The van der Waals surface area contributed by atoms with E-state index in [1.54, 1.807) is 24.3 Å². The van der Waals surface area contributed by atoms with Gasteiger partial charge in [0.2, 0.25) is 10.0 Å². The van der Waals surface area contributed by atoms with Gasteiger partial charge in [-0.1, -0.05) is 40.2 Å². The van der Waals surface area contributed by atoms with Crippen molar-refractivity contribution < 1.29 is 8.42 Å². The molecule has 21 heavy (non-hydrogen) atoms. The third-order valence-electron chi connectivity index (χ3n) is 2.85. The summed E-state index contributed by atoms with van der Waals surface area (Å²) in [6.45, 7) is 0.716. The molecule has 112 valence electrons. The fraction of sp³-hybridized carbons (Fsp3) is 0.200. The first-order valence-corrected chi connectivity index (χ1v) is 8.91. The normalized spacial score (nSPS) is 11.3. The molecule has 0 saturated heterocycles. The molecule has 0 spiro atoms. The molecule has 2 rings (SSSR count). The number of anilines is 1. The summed E-state index contributed by atoms with van der Waals surface area (Å²) in [7, 11) is -1.56. The van der Waals surface area contributed by atoms with Crippen LogP contribution in [0.5, 0.6) is 0 Å². The summed E-state index contributed by atoms with van der Waals surface area (Å²) in [6, 6.07) is 14.6. The van der Waals surface area contributed by atoms with E-state index in [4.69, 9.17) is 0 Å². The van der Waals surface area contributed by atoms with Crippen LogP contribution in [0, 0.1) is 0 Å². The minimum absolute atomic E-state index is 0.0411. The van der Waals surface area contributed by atoms with E-state index < -0.39 is 10.0 Å². The van der Waals surface area contributed by atoms with Crippen LogP contribution in [-0.2, 0) is 22.3 Å². The Morgan fingerprint density at radius 3 is 2.38 bits per heavy atom. The Labute approximate surface area is 133 Å². The zero-order valence-electron chi connectivity index (χ0n) is 11.6. The van der Waals surface area contributed by atoms with Gasteiger partial charge in [-0.3, -0.25) is 4.72 Å². The molecule has 0 aliphatic carbocycles. The van der Waals surface area contributed by atoms with Crippen LogP contribution in [0.1, 0.15) is 11.1 Å². The van der Waals surface area contributed by atoms with Gasteiger partial charge in [-0.15, -0.1) is 0 Å². The summed E-state index contributed by atoms with van der Waals surface area (Å²) >= 11 is 3.32. The maximum Gasteiger partial charge on any atom is 0.236 e. The molecule has 0 amide bonds. The molecule has 6 heteroatoms. The average Bonchev–Trinajstić information content (AvgIpc) is 2.41. The van der Waals surface area contributed by atoms with Crippen LogP contribution in [0.3, 0.4) is 0 Å². The second-order valence-electron chi connectivity index (χ2n) is 4.72. The highest BCUT2D eigenvalue weighted by Gasteiger charge is 2.12. The third-order valence-corrected chi connectivity index (χ3v) is 4.64. The molecule has 0 aliphatic rings. The van der Waals surface area contributed by atoms with Crippen LogP contribution in [0.2, 0.25) is 0 Å². The number of hydrogen-bond acceptors (Lipinski definition) is 3. The first kappa shape index (κ1) is 16.0. The van der Waals surface area contributed by atoms with E-state index in [1.807, 2.05) is 31.3 Å². The van der Waals surface area contributed by atoms with E-state index in [1.165, 1.54) is 0 Å². The van der Waals surface area contributed by atoms with Gasteiger partial charge in [0.05, 0.1) is 5.75 Å². The summed E-state index contributed by atoms with van der Waals surface area (Å²) in [5, 5.41) is 3.05.